The van der Waals surface area contributed by atoms with Gasteiger partial charge in [0.25, 0.3) is 0 Å². The average Bonchev–Trinajstić information content (AvgIpc) is 2.87. The van der Waals surface area contributed by atoms with E-state index >= 15 is 0 Å². The first-order valence-electron chi connectivity index (χ1n) is 12.2. The maximum atomic E-state index is 11.2. The van der Waals surface area contributed by atoms with Crippen molar-refractivity contribution in [2.24, 2.45) is 10.9 Å². The minimum atomic E-state index is 0.0770. The standard InChI is InChI=1S/C21H26N2O2.C10H16/c1-15(7-8-17(3)18(4)24)16(2)13-14-22-19(5)23-20-9-11-21(25-6)12-10-20;1-3-9-6-5-7-10(4-2)8-9/h7-14,23H,5H2,1-4,6H3;5-7,9H,3-4,8H2,1-2H3/b15-7+,16-13+,17-8+,22-14-;. The van der Waals surface area contributed by atoms with Crippen LogP contribution >= 0.6 is 0 Å². The summed E-state index contributed by atoms with van der Waals surface area (Å²) in [5.41, 5.74) is 5.37. The van der Waals surface area contributed by atoms with E-state index in [2.05, 4.69) is 49.0 Å². The van der Waals surface area contributed by atoms with Crippen LogP contribution in [0.2, 0.25) is 0 Å². The molecule has 0 spiro atoms. The van der Waals surface area contributed by atoms with Crippen molar-refractivity contribution in [1.29, 1.82) is 0 Å². The van der Waals surface area contributed by atoms with E-state index in [4.69, 9.17) is 4.74 Å². The van der Waals surface area contributed by atoms with Crippen molar-refractivity contribution in [2.75, 3.05) is 12.4 Å². The molecule has 1 atom stereocenters. The van der Waals surface area contributed by atoms with Crippen LogP contribution in [0.1, 0.15) is 60.8 Å². The van der Waals surface area contributed by atoms with Gasteiger partial charge in [-0.15, -0.1) is 0 Å². The predicted molar refractivity (Wildman–Crippen MR) is 152 cm³/mol. The van der Waals surface area contributed by atoms with Gasteiger partial charge in [0.05, 0.1) is 7.11 Å². The third kappa shape index (κ3) is 12.0. The molecule has 2 rings (SSSR count). The highest BCUT2D eigenvalue weighted by molar-refractivity contribution is 5.92. The maximum absolute atomic E-state index is 11.2. The van der Waals surface area contributed by atoms with Gasteiger partial charge >= 0.3 is 0 Å². The zero-order valence-corrected chi connectivity index (χ0v) is 22.5. The Morgan fingerprint density at radius 3 is 2.26 bits per heavy atom. The van der Waals surface area contributed by atoms with Gasteiger partial charge in [-0.1, -0.05) is 56.4 Å². The summed E-state index contributed by atoms with van der Waals surface area (Å²) in [4.78, 5) is 15.5. The van der Waals surface area contributed by atoms with E-state index < -0.39 is 0 Å². The molecule has 0 aliphatic heterocycles. The van der Waals surface area contributed by atoms with Gasteiger partial charge in [0, 0.05) is 11.9 Å². The van der Waals surface area contributed by atoms with E-state index in [1.165, 1.54) is 19.3 Å². The summed E-state index contributed by atoms with van der Waals surface area (Å²) in [5.74, 6) is 2.24. The van der Waals surface area contributed by atoms with Crippen LogP contribution in [0.15, 0.2) is 100 Å². The number of anilines is 1. The number of methoxy groups -OCH3 is 1. The van der Waals surface area contributed by atoms with Gasteiger partial charge < -0.3 is 10.1 Å². The number of ether oxygens (including phenoxy) is 1. The zero-order chi connectivity index (χ0) is 26.2. The largest absolute Gasteiger partial charge is 0.497 e. The van der Waals surface area contributed by atoms with Gasteiger partial charge in [-0.3, -0.25) is 4.79 Å². The molecule has 188 valence electrons. The van der Waals surface area contributed by atoms with Gasteiger partial charge in [0.15, 0.2) is 5.78 Å². The molecule has 0 fully saturated rings. The van der Waals surface area contributed by atoms with E-state index in [1.54, 1.807) is 32.7 Å². The molecule has 35 heavy (non-hydrogen) atoms. The molecule has 0 saturated carbocycles. The average molecular weight is 475 g/mol. The van der Waals surface area contributed by atoms with Crippen molar-refractivity contribution in [3.05, 3.63) is 95.4 Å². The van der Waals surface area contributed by atoms with Crippen molar-refractivity contribution in [1.82, 2.24) is 0 Å². The molecule has 1 unspecified atom stereocenters. The molecule has 1 aromatic carbocycles. The van der Waals surface area contributed by atoms with E-state index in [0.717, 1.165) is 34.1 Å². The molecule has 4 heteroatoms. The van der Waals surface area contributed by atoms with Gasteiger partial charge in [-0.25, -0.2) is 4.99 Å². The Kier molecular flexibility index (Phi) is 13.8. The Balaban J connectivity index is 0.000000507. The van der Waals surface area contributed by atoms with Crippen molar-refractivity contribution >= 4 is 17.7 Å². The van der Waals surface area contributed by atoms with Crippen LogP contribution in [-0.4, -0.2) is 19.1 Å². The normalized spacial score (nSPS) is 16.4. The fourth-order valence-corrected chi connectivity index (χ4v) is 3.11. The second-order valence-electron chi connectivity index (χ2n) is 8.62. The number of aliphatic imine (C=N–C) groups is 1. The lowest BCUT2D eigenvalue weighted by atomic mass is 9.91. The van der Waals surface area contributed by atoms with Gasteiger partial charge in [0.2, 0.25) is 0 Å². The monoisotopic (exact) mass is 474 g/mol. The fraction of sp³-hybridized carbons (Fsp3) is 0.355. The molecule has 0 heterocycles. The molecule has 0 aromatic heterocycles. The smallest absolute Gasteiger partial charge is 0.155 e. The van der Waals surface area contributed by atoms with Crippen LogP contribution in [0.3, 0.4) is 0 Å². The lowest BCUT2D eigenvalue weighted by Gasteiger charge is -2.14. The van der Waals surface area contributed by atoms with Crippen LogP contribution in [0.4, 0.5) is 5.69 Å². The van der Waals surface area contributed by atoms with Crippen molar-refractivity contribution < 1.29 is 9.53 Å². The number of nitrogens with zero attached hydrogens (tertiary/aromatic N) is 1. The third-order valence-electron chi connectivity index (χ3n) is 5.91. The molecule has 1 aliphatic rings. The summed E-state index contributed by atoms with van der Waals surface area (Å²) in [6.07, 6.45) is 18.0. The fourth-order valence-electron chi connectivity index (χ4n) is 3.11. The Bertz CT molecular complexity index is 1020. The van der Waals surface area contributed by atoms with E-state index in [9.17, 15) is 4.79 Å². The van der Waals surface area contributed by atoms with E-state index in [1.807, 2.05) is 56.3 Å². The number of allylic oxidation sites excluding steroid dienone is 10. The SMILES string of the molecule is C=C(\N=C/C=C(C)/C(C)=C/C=C(\C)C(C)=O)Nc1ccc(OC)cc1.CCC1=CC=CC(CC)C1. The van der Waals surface area contributed by atoms with Crippen LogP contribution < -0.4 is 10.1 Å². The highest BCUT2D eigenvalue weighted by atomic mass is 16.5. The molecular weight excluding hydrogens is 432 g/mol. The highest BCUT2D eigenvalue weighted by Crippen LogP contribution is 2.22. The summed E-state index contributed by atoms with van der Waals surface area (Å²) in [6.45, 7) is 15.7. The maximum Gasteiger partial charge on any atom is 0.155 e. The molecule has 1 aromatic rings. The topological polar surface area (TPSA) is 50.7 Å². The number of hydrogen-bond acceptors (Lipinski definition) is 4. The lowest BCUT2D eigenvalue weighted by molar-refractivity contribution is -0.113. The van der Waals surface area contributed by atoms with Crippen molar-refractivity contribution in [3.8, 4) is 5.75 Å². The molecule has 0 bridgehead atoms. The first kappa shape index (κ1) is 29.6. The van der Waals surface area contributed by atoms with Gasteiger partial charge in [0.1, 0.15) is 11.6 Å². The van der Waals surface area contributed by atoms with Gasteiger partial charge in [-0.2, -0.15) is 0 Å². The summed E-state index contributed by atoms with van der Waals surface area (Å²) in [5, 5.41) is 3.11. The number of carbonyl (C=O) groups excluding carboxylic acids is 1. The molecule has 0 amide bonds. The summed E-state index contributed by atoms with van der Waals surface area (Å²) in [7, 11) is 1.63. The second kappa shape index (κ2) is 16.3. The Morgan fingerprint density at radius 1 is 1.06 bits per heavy atom. The zero-order valence-electron chi connectivity index (χ0n) is 22.5. The van der Waals surface area contributed by atoms with E-state index in [-0.39, 0.29) is 5.78 Å². The van der Waals surface area contributed by atoms with Gasteiger partial charge in [-0.05, 0) is 99.9 Å². The number of benzene rings is 1. The Labute approximate surface area is 212 Å². The minimum Gasteiger partial charge on any atom is -0.497 e. The molecule has 1 N–H and O–H groups in total. The molecular formula is C31H42N2O2. The number of nitrogens with one attached hydrogen (secondary N) is 1. The second-order valence-corrected chi connectivity index (χ2v) is 8.62. The Morgan fingerprint density at radius 2 is 1.69 bits per heavy atom. The number of Topliss-reactive ketones (excluding diaryl/α,β-unsaturated/α-hetero) is 1. The molecule has 4 nitrogen and oxygen atoms in total. The van der Waals surface area contributed by atoms with Crippen molar-refractivity contribution in [3.63, 3.8) is 0 Å². The minimum absolute atomic E-state index is 0.0770. The van der Waals surface area contributed by atoms with Crippen LogP contribution in [0.5, 0.6) is 5.75 Å². The van der Waals surface area contributed by atoms with Crippen molar-refractivity contribution in [2.45, 2.75) is 60.8 Å². The summed E-state index contributed by atoms with van der Waals surface area (Å²) in [6, 6.07) is 7.54. The van der Waals surface area contributed by atoms with E-state index in [0.29, 0.717) is 5.82 Å². The number of carbonyl (C=O) groups is 1. The number of hydrogen-bond donors (Lipinski definition) is 1. The third-order valence-corrected chi connectivity index (χ3v) is 5.91. The first-order valence-corrected chi connectivity index (χ1v) is 12.2. The number of rotatable bonds is 10. The van der Waals surface area contributed by atoms with Crippen LogP contribution in [-0.2, 0) is 4.79 Å². The molecule has 1 aliphatic carbocycles. The molecule has 0 radical (unpaired) electrons. The lowest BCUT2D eigenvalue weighted by Crippen LogP contribution is -1.99. The summed E-state index contributed by atoms with van der Waals surface area (Å²) >= 11 is 0. The summed E-state index contributed by atoms with van der Waals surface area (Å²) < 4.78 is 5.12. The first-order chi connectivity index (χ1) is 16.7. The quantitative estimate of drug-likeness (QED) is 0.210. The predicted octanol–water partition coefficient (Wildman–Crippen LogP) is 8.39. The van der Waals surface area contributed by atoms with Crippen LogP contribution in [0, 0.1) is 5.92 Å². The Hall–Kier alpha value is -3.40. The van der Waals surface area contributed by atoms with Crippen LogP contribution in [0.25, 0.3) is 0 Å². The highest BCUT2D eigenvalue weighted by Gasteiger charge is 2.06. The number of ketones is 1. The molecule has 0 saturated heterocycles.